The van der Waals surface area contributed by atoms with Gasteiger partial charge in [0, 0.05) is 24.7 Å². The molecule has 0 aliphatic carbocycles. The normalized spacial score (nSPS) is 11.9. The standard InChI is InChI=1S/C13H20FN3O/c1-3-9(2)17-13(18)6-7-16-12-5-4-10(15)8-11(12)14/h4-5,8-9,16H,3,6-7,15H2,1-2H3,(H,17,18). The molecule has 1 aromatic carbocycles. The smallest absolute Gasteiger partial charge is 0.221 e. The molecule has 0 radical (unpaired) electrons. The third-order valence-corrected chi connectivity index (χ3v) is 2.68. The van der Waals surface area contributed by atoms with Crippen molar-refractivity contribution in [3.63, 3.8) is 0 Å². The first-order valence-electron chi connectivity index (χ1n) is 6.11. The minimum Gasteiger partial charge on any atom is -0.399 e. The van der Waals surface area contributed by atoms with Crippen LogP contribution in [0.5, 0.6) is 0 Å². The topological polar surface area (TPSA) is 67.2 Å². The van der Waals surface area contributed by atoms with E-state index >= 15 is 0 Å². The van der Waals surface area contributed by atoms with Gasteiger partial charge in [-0.1, -0.05) is 6.92 Å². The maximum atomic E-state index is 13.4. The summed E-state index contributed by atoms with van der Waals surface area (Å²) in [5.41, 5.74) is 6.19. The number of carbonyl (C=O) groups is 1. The molecule has 1 aromatic rings. The number of nitrogen functional groups attached to an aromatic ring is 1. The third-order valence-electron chi connectivity index (χ3n) is 2.68. The van der Waals surface area contributed by atoms with E-state index in [-0.39, 0.29) is 11.9 Å². The Balaban J connectivity index is 2.35. The number of carbonyl (C=O) groups excluding carboxylic acids is 1. The summed E-state index contributed by atoms with van der Waals surface area (Å²) in [6.45, 7) is 4.35. The van der Waals surface area contributed by atoms with Crippen LogP contribution < -0.4 is 16.4 Å². The molecule has 0 aliphatic rings. The molecule has 0 spiro atoms. The molecule has 18 heavy (non-hydrogen) atoms. The molecule has 0 saturated heterocycles. The van der Waals surface area contributed by atoms with Gasteiger partial charge in [0.05, 0.1) is 5.69 Å². The Hall–Kier alpha value is -1.78. The predicted octanol–water partition coefficient (Wildman–Crippen LogP) is 2.12. The molecule has 0 aromatic heterocycles. The maximum absolute atomic E-state index is 13.4. The summed E-state index contributed by atoms with van der Waals surface area (Å²) in [5.74, 6) is -0.440. The second kappa shape index (κ2) is 6.83. The van der Waals surface area contributed by atoms with Crippen molar-refractivity contribution in [1.29, 1.82) is 0 Å². The van der Waals surface area contributed by atoms with E-state index in [1.165, 1.54) is 6.07 Å². The number of rotatable bonds is 6. The van der Waals surface area contributed by atoms with Gasteiger partial charge in [-0.2, -0.15) is 0 Å². The lowest BCUT2D eigenvalue weighted by atomic mass is 10.2. The highest BCUT2D eigenvalue weighted by atomic mass is 19.1. The number of halogens is 1. The Morgan fingerprint density at radius 3 is 2.83 bits per heavy atom. The second-order valence-electron chi connectivity index (χ2n) is 4.29. The molecule has 1 atom stereocenters. The lowest BCUT2D eigenvalue weighted by molar-refractivity contribution is -0.121. The molecular formula is C13H20FN3O. The Labute approximate surface area is 107 Å². The highest BCUT2D eigenvalue weighted by molar-refractivity contribution is 5.76. The van der Waals surface area contributed by atoms with Gasteiger partial charge in [0.2, 0.25) is 5.91 Å². The Bertz CT molecular complexity index is 409. The molecule has 0 saturated carbocycles. The fourth-order valence-electron chi connectivity index (χ4n) is 1.43. The lowest BCUT2D eigenvalue weighted by Crippen LogP contribution is -2.33. The van der Waals surface area contributed by atoms with Crippen LogP contribution in [0, 0.1) is 5.82 Å². The minimum atomic E-state index is -0.405. The first kappa shape index (κ1) is 14.3. The van der Waals surface area contributed by atoms with Gasteiger partial charge < -0.3 is 16.4 Å². The summed E-state index contributed by atoms with van der Waals surface area (Å²) in [6, 6.07) is 4.61. The van der Waals surface area contributed by atoms with E-state index < -0.39 is 5.82 Å². The summed E-state index contributed by atoms with van der Waals surface area (Å²) in [7, 11) is 0. The lowest BCUT2D eigenvalue weighted by Gasteiger charge is -2.12. The molecule has 4 nitrogen and oxygen atoms in total. The van der Waals surface area contributed by atoms with Crippen LogP contribution in [-0.2, 0) is 4.79 Å². The van der Waals surface area contributed by atoms with Crippen LogP contribution in [-0.4, -0.2) is 18.5 Å². The summed E-state index contributed by atoms with van der Waals surface area (Å²) >= 11 is 0. The monoisotopic (exact) mass is 253 g/mol. The van der Waals surface area contributed by atoms with Crippen molar-refractivity contribution in [3.05, 3.63) is 24.0 Å². The molecule has 1 rings (SSSR count). The summed E-state index contributed by atoms with van der Waals surface area (Å²) in [4.78, 5) is 11.5. The summed E-state index contributed by atoms with van der Waals surface area (Å²) < 4.78 is 13.4. The first-order valence-corrected chi connectivity index (χ1v) is 6.11. The van der Waals surface area contributed by atoms with E-state index in [2.05, 4.69) is 10.6 Å². The van der Waals surface area contributed by atoms with Gasteiger partial charge in [0.25, 0.3) is 0 Å². The Kier molecular flexibility index (Phi) is 5.42. The number of amides is 1. The predicted molar refractivity (Wildman–Crippen MR) is 71.8 cm³/mol. The van der Waals surface area contributed by atoms with Gasteiger partial charge in [-0.15, -0.1) is 0 Å². The SMILES string of the molecule is CCC(C)NC(=O)CCNc1ccc(N)cc1F. The summed E-state index contributed by atoms with van der Waals surface area (Å²) in [5, 5.41) is 5.72. The van der Waals surface area contributed by atoms with Crippen LogP contribution in [0.4, 0.5) is 15.8 Å². The highest BCUT2D eigenvalue weighted by Gasteiger charge is 2.06. The largest absolute Gasteiger partial charge is 0.399 e. The van der Waals surface area contributed by atoms with Crippen molar-refractivity contribution in [2.24, 2.45) is 0 Å². The average molecular weight is 253 g/mol. The maximum Gasteiger partial charge on any atom is 0.221 e. The highest BCUT2D eigenvalue weighted by Crippen LogP contribution is 2.16. The van der Waals surface area contributed by atoms with Crippen LogP contribution in [0.25, 0.3) is 0 Å². The Morgan fingerprint density at radius 2 is 2.22 bits per heavy atom. The number of nitrogens with one attached hydrogen (secondary N) is 2. The molecule has 0 fully saturated rings. The van der Waals surface area contributed by atoms with Gasteiger partial charge in [-0.3, -0.25) is 4.79 Å². The van der Waals surface area contributed by atoms with E-state index in [9.17, 15) is 9.18 Å². The zero-order valence-corrected chi connectivity index (χ0v) is 10.8. The van der Waals surface area contributed by atoms with Crippen molar-refractivity contribution >= 4 is 17.3 Å². The molecule has 5 heteroatoms. The van der Waals surface area contributed by atoms with Crippen molar-refractivity contribution in [3.8, 4) is 0 Å². The fraction of sp³-hybridized carbons (Fsp3) is 0.462. The zero-order chi connectivity index (χ0) is 13.5. The fourth-order valence-corrected chi connectivity index (χ4v) is 1.43. The summed E-state index contributed by atoms with van der Waals surface area (Å²) in [6.07, 6.45) is 1.21. The van der Waals surface area contributed by atoms with Crippen molar-refractivity contribution < 1.29 is 9.18 Å². The van der Waals surface area contributed by atoms with E-state index in [0.29, 0.717) is 24.3 Å². The quantitative estimate of drug-likeness (QED) is 0.680. The van der Waals surface area contributed by atoms with E-state index in [0.717, 1.165) is 6.42 Å². The van der Waals surface area contributed by atoms with E-state index in [4.69, 9.17) is 5.73 Å². The van der Waals surface area contributed by atoms with E-state index in [1.54, 1.807) is 12.1 Å². The van der Waals surface area contributed by atoms with Crippen molar-refractivity contribution in [2.75, 3.05) is 17.6 Å². The number of nitrogens with two attached hydrogens (primary N) is 1. The van der Waals surface area contributed by atoms with Gasteiger partial charge in [0.1, 0.15) is 5.82 Å². The van der Waals surface area contributed by atoms with Crippen LogP contribution in [0.3, 0.4) is 0 Å². The molecule has 1 unspecified atom stereocenters. The molecule has 100 valence electrons. The molecule has 0 bridgehead atoms. The molecule has 0 aliphatic heterocycles. The minimum absolute atomic E-state index is 0.0345. The van der Waals surface area contributed by atoms with Crippen molar-refractivity contribution in [1.82, 2.24) is 5.32 Å². The average Bonchev–Trinajstić information content (AvgIpc) is 2.31. The van der Waals surface area contributed by atoms with Gasteiger partial charge in [-0.25, -0.2) is 4.39 Å². The number of anilines is 2. The van der Waals surface area contributed by atoms with Gasteiger partial charge >= 0.3 is 0 Å². The first-order chi connectivity index (χ1) is 8.52. The van der Waals surface area contributed by atoms with Crippen LogP contribution in [0.2, 0.25) is 0 Å². The Morgan fingerprint density at radius 1 is 1.50 bits per heavy atom. The molecule has 0 heterocycles. The van der Waals surface area contributed by atoms with Gasteiger partial charge in [0.15, 0.2) is 0 Å². The van der Waals surface area contributed by atoms with Crippen LogP contribution in [0.15, 0.2) is 18.2 Å². The van der Waals surface area contributed by atoms with Crippen LogP contribution in [0.1, 0.15) is 26.7 Å². The molecular weight excluding hydrogens is 233 g/mol. The number of hydrogen-bond acceptors (Lipinski definition) is 3. The van der Waals surface area contributed by atoms with E-state index in [1.807, 2.05) is 13.8 Å². The number of benzene rings is 1. The second-order valence-corrected chi connectivity index (χ2v) is 4.29. The van der Waals surface area contributed by atoms with Crippen molar-refractivity contribution in [2.45, 2.75) is 32.7 Å². The van der Waals surface area contributed by atoms with Gasteiger partial charge in [-0.05, 0) is 31.5 Å². The van der Waals surface area contributed by atoms with Crippen LogP contribution >= 0.6 is 0 Å². The number of hydrogen-bond donors (Lipinski definition) is 3. The molecule has 4 N–H and O–H groups in total. The third kappa shape index (κ3) is 4.61. The molecule has 1 amide bonds. The zero-order valence-electron chi connectivity index (χ0n) is 10.8.